The van der Waals surface area contributed by atoms with Crippen LogP contribution in [0.25, 0.3) is 0 Å². The molecule has 3 atom stereocenters. The molecule has 2 rings (SSSR count). The van der Waals surface area contributed by atoms with E-state index in [0.717, 1.165) is 6.42 Å². The second-order valence-electron chi connectivity index (χ2n) is 4.85. The topological polar surface area (TPSA) is 71.7 Å². The van der Waals surface area contributed by atoms with Crippen molar-refractivity contribution in [3.8, 4) is 17.6 Å². The lowest BCUT2D eigenvalue weighted by atomic mass is 10.1. The van der Waals surface area contributed by atoms with Gasteiger partial charge in [-0.25, -0.2) is 0 Å². The number of rotatable bonds is 4. The molecule has 1 heterocycles. The second-order valence-corrected chi connectivity index (χ2v) is 4.85. The summed E-state index contributed by atoms with van der Waals surface area (Å²) in [4.78, 5) is 0. The number of nitriles is 1. The number of benzene rings is 1. The molecule has 1 aromatic carbocycles. The molecule has 5 nitrogen and oxygen atoms in total. The first-order chi connectivity index (χ1) is 9.61. The van der Waals surface area contributed by atoms with Gasteiger partial charge in [-0.15, -0.1) is 0 Å². The normalized spacial score (nSPS) is 18.5. The fraction of sp³-hybridized carbons (Fsp3) is 0.533. The van der Waals surface area contributed by atoms with Crippen molar-refractivity contribution >= 4 is 0 Å². The van der Waals surface area contributed by atoms with Crippen molar-refractivity contribution in [3.63, 3.8) is 0 Å². The SMILES string of the molecule is CC(O)C(C)OC(C#N)c1ccc2c(c1)OCCCO2. The van der Waals surface area contributed by atoms with Crippen molar-refractivity contribution < 1.29 is 19.3 Å². The van der Waals surface area contributed by atoms with Crippen LogP contribution < -0.4 is 9.47 Å². The molecular formula is C15H19NO4. The summed E-state index contributed by atoms with van der Waals surface area (Å²) in [5.41, 5.74) is 0.698. The number of hydrogen-bond donors (Lipinski definition) is 1. The van der Waals surface area contributed by atoms with Crippen LogP contribution in [0.15, 0.2) is 18.2 Å². The van der Waals surface area contributed by atoms with E-state index >= 15 is 0 Å². The third kappa shape index (κ3) is 3.41. The summed E-state index contributed by atoms with van der Waals surface area (Å²) in [6.07, 6.45) is -0.958. The first-order valence-corrected chi connectivity index (χ1v) is 6.74. The van der Waals surface area contributed by atoms with Gasteiger partial charge < -0.3 is 19.3 Å². The molecule has 0 aliphatic carbocycles. The van der Waals surface area contributed by atoms with E-state index in [2.05, 4.69) is 6.07 Å². The molecule has 0 bridgehead atoms. The van der Waals surface area contributed by atoms with Crippen LogP contribution in [0.2, 0.25) is 0 Å². The van der Waals surface area contributed by atoms with Gasteiger partial charge >= 0.3 is 0 Å². The maximum Gasteiger partial charge on any atom is 0.169 e. The summed E-state index contributed by atoms with van der Waals surface area (Å²) < 4.78 is 16.7. The van der Waals surface area contributed by atoms with Gasteiger partial charge in [-0.05, 0) is 31.5 Å². The lowest BCUT2D eigenvalue weighted by Crippen LogP contribution is -2.24. The van der Waals surface area contributed by atoms with Gasteiger partial charge in [0, 0.05) is 6.42 Å². The molecule has 20 heavy (non-hydrogen) atoms. The number of hydrogen-bond acceptors (Lipinski definition) is 5. The fourth-order valence-corrected chi connectivity index (χ4v) is 1.85. The highest BCUT2D eigenvalue weighted by Gasteiger charge is 2.20. The molecule has 0 saturated heterocycles. The number of nitrogens with zero attached hydrogens (tertiary/aromatic N) is 1. The Kier molecular flexibility index (Phi) is 4.83. The van der Waals surface area contributed by atoms with E-state index in [0.29, 0.717) is 30.3 Å². The standard InChI is InChI=1S/C15H19NO4/c1-10(17)11(2)20-15(9-16)12-4-5-13-14(8-12)19-7-3-6-18-13/h4-5,8,10-11,15,17H,3,6-7H2,1-2H3. The highest BCUT2D eigenvalue weighted by molar-refractivity contribution is 5.44. The molecule has 1 aliphatic heterocycles. The summed E-state index contributed by atoms with van der Waals surface area (Å²) in [5.74, 6) is 1.32. The lowest BCUT2D eigenvalue weighted by Gasteiger charge is -2.20. The summed E-state index contributed by atoms with van der Waals surface area (Å²) in [6.45, 7) is 4.59. The number of aliphatic hydroxyl groups excluding tert-OH is 1. The average Bonchev–Trinajstić information content (AvgIpc) is 2.68. The quantitative estimate of drug-likeness (QED) is 0.913. The molecule has 0 aromatic heterocycles. The van der Waals surface area contributed by atoms with E-state index in [9.17, 15) is 10.4 Å². The highest BCUT2D eigenvalue weighted by Crippen LogP contribution is 2.33. The zero-order chi connectivity index (χ0) is 14.5. The van der Waals surface area contributed by atoms with Crippen LogP contribution in [0, 0.1) is 11.3 Å². The molecule has 1 aromatic rings. The summed E-state index contributed by atoms with van der Waals surface area (Å²) in [5, 5.41) is 18.7. The molecule has 0 saturated carbocycles. The van der Waals surface area contributed by atoms with Gasteiger partial charge in [-0.3, -0.25) is 0 Å². The third-order valence-electron chi connectivity index (χ3n) is 3.22. The lowest BCUT2D eigenvalue weighted by molar-refractivity contribution is -0.0426. The van der Waals surface area contributed by atoms with Gasteiger partial charge in [0.05, 0.1) is 31.5 Å². The molecule has 3 unspecified atom stereocenters. The van der Waals surface area contributed by atoms with Gasteiger partial charge in [-0.1, -0.05) is 6.07 Å². The van der Waals surface area contributed by atoms with Gasteiger partial charge in [-0.2, -0.15) is 5.26 Å². The minimum atomic E-state index is -0.739. The molecule has 5 heteroatoms. The second kappa shape index (κ2) is 6.60. The van der Waals surface area contributed by atoms with E-state index in [-0.39, 0.29) is 0 Å². The Hall–Kier alpha value is -1.77. The number of aliphatic hydroxyl groups is 1. The van der Waals surface area contributed by atoms with Gasteiger partial charge in [0.15, 0.2) is 17.6 Å². The first kappa shape index (κ1) is 14.6. The van der Waals surface area contributed by atoms with E-state index in [1.807, 2.05) is 0 Å². The Labute approximate surface area is 118 Å². The summed E-state index contributed by atoms with van der Waals surface area (Å²) in [7, 11) is 0. The van der Waals surface area contributed by atoms with E-state index in [4.69, 9.17) is 14.2 Å². The van der Waals surface area contributed by atoms with Crippen molar-refractivity contribution in [3.05, 3.63) is 23.8 Å². The van der Waals surface area contributed by atoms with Crippen molar-refractivity contribution in [1.82, 2.24) is 0 Å². The van der Waals surface area contributed by atoms with Crippen LogP contribution in [0.1, 0.15) is 31.9 Å². The third-order valence-corrected chi connectivity index (χ3v) is 3.22. The maximum absolute atomic E-state index is 9.46. The van der Waals surface area contributed by atoms with Crippen molar-refractivity contribution in [1.29, 1.82) is 5.26 Å². The van der Waals surface area contributed by atoms with Crippen LogP contribution >= 0.6 is 0 Å². The Morgan fingerprint density at radius 2 is 1.95 bits per heavy atom. The van der Waals surface area contributed by atoms with Crippen LogP contribution in [-0.4, -0.2) is 30.5 Å². The zero-order valence-electron chi connectivity index (χ0n) is 11.7. The average molecular weight is 277 g/mol. The maximum atomic E-state index is 9.46. The van der Waals surface area contributed by atoms with Crippen molar-refractivity contribution in [2.75, 3.05) is 13.2 Å². The monoisotopic (exact) mass is 277 g/mol. The minimum Gasteiger partial charge on any atom is -0.490 e. The molecule has 0 spiro atoms. The molecule has 1 aliphatic rings. The van der Waals surface area contributed by atoms with E-state index in [1.54, 1.807) is 32.0 Å². The largest absolute Gasteiger partial charge is 0.490 e. The van der Waals surface area contributed by atoms with Crippen molar-refractivity contribution in [2.24, 2.45) is 0 Å². The predicted octanol–water partition coefficient (Wildman–Crippen LogP) is 2.20. The fourth-order valence-electron chi connectivity index (χ4n) is 1.85. The minimum absolute atomic E-state index is 0.421. The van der Waals surface area contributed by atoms with Crippen LogP contribution in [0.5, 0.6) is 11.5 Å². The molecule has 1 N–H and O–H groups in total. The summed E-state index contributed by atoms with van der Waals surface area (Å²) in [6, 6.07) is 7.44. The number of fused-ring (bicyclic) bond motifs is 1. The predicted molar refractivity (Wildman–Crippen MR) is 72.6 cm³/mol. The molecule has 0 amide bonds. The van der Waals surface area contributed by atoms with E-state index < -0.39 is 18.3 Å². The van der Waals surface area contributed by atoms with Gasteiger partial charge in [0.1, 0.15) is 0 Å². The Balaban J connectivity index is 2.18. The van der Waals surface area contributed by atoms with Crippen LogP contribution in [0.4, 0.5) is 0 Å². The highest BCUT2D eigenvalue weighted by atomic mass is 16.5. The van der Waals surface area contributed by atoms with Crippen LogP contribution in [0.3, 0.4) is 0 Å². The molecular weight excluding hydrogens is 258 g/mol. The smallest absolute Gasteiger partial charge is 0.169 e. The first-order valence-electron chi connectivity index (χ1n) is 6.74. The van der Waals surface area contributed by atoms with Crippen LogP contribution in [-0.2, 0) is 4.74 Å². The zero-order valence-corrected chi connectivity index (χ0v) is 11.7. The van der Waals surface area contributed by atoms with Gasteiger partial charge in [0.25, 0.3) is 0 Å². The summed E-state index contributed by atoms with van der Waals surface area (Å²) >= 11 is 0. The molecule has 108 valence electrons. The van der Waals surface area contributed by atoms with Crippen molar-refractivity contribution in [2.45, 2.75) is 38.6 Å². The van der Waals surface area contributed by atoms with Gasteiger partial charge in [0.2, 0.25) is 0 Å². The van der Waals surface area contributed by atoms with E-state index in [1.165, 1.54) is 0 Å². The molecule has 0 fully saturated rings. The number of ether oxygens (including phenoxy) is 3. The Morgan fingerprint density at radius 3 is 2.60 bits per heavy atom. The molecule has 0 radical (unpaired) electrons. The Bertz CT molecular complexity index is 495. The Morgan fingerprint density at radius 1 is 1.25 bits per heavy atom.